The molecule has 5 nitrogen and oxygen atoms in total. The normalized spacial score (nSPS) is 17.8. The quantitative estimate of drug-likeness (QED) is 0.248. The van der Waals surface area contributed by atoms with Crippen molar-refractivity contribution >= 4 is 44.1 Å². The summed E-state index contributed by atoms with van der Waals surface area (Å²) in [6, 6.07) is 15.2. The van der Waals surface area contributed by atoms with Gasteiger partial charge in [-0.2, -0.15) is 0 Å². The molecule has 4 aromatic rings. The van der Waals surface area contributed by atoms with Crippen LogP contribution in [0.25, 0.3) is 16.0 Å². The monoisotopic (exact) mass is 462 g/mol. The van der Waals surface area contributed by atoms with Gasteiger partial charge in [-0.15, -0.1) is 0 Å². The van der Waals surface area contributed by atoms with Crippen molar-refractivity contribution in [2.45, 2.75) is 13.0 Å². The van der Waals surface area contributed by atoms with Gasteiger partial charge in [0.25, 0.3) is 5.78 Å². The van der Waals surface area contributed by atoms with E-state index in [0.717, 1.165) is 21.8 Å². The first kappa shape index (κ1) is 21.0. The van der Waals surface area contributed by atoms with Crippen LogP contribution in [0.2, 0.25) is 0 Å². The number of fused-ring (bicyclic) bond motifs is 1. The number of halogens is 2. The number of hydrogen-bond donors (Lipinski definition) is 1. The first-order valence-corrected chi connectivity index (χ1v) is 10.9. The summed E-state index contributed by atoms with van der Waals surface area (Å²) in [5, 5.41) is 11.2. The van der Waals surface area contributed by atoms with Crippen molar-refractivity contribution in [2.24, 2.45) is 0 Å². The number of rotatable bonds is 3. The van der Waals surface area contributed by atoms with Crippen molar-refractivity contribution in [3.8, 4) is 0 Å². The number of carbonyl (C=O) groups excluding carboxylic acids is 2. The summed E-state index contributed by atoms with van der Waals surface area (Å²) < 4.78 is 29.1. The molecule has 1 saturated heterocycles. The number of benzene rings is 3. The number of aromatic nitrogens is 1. The molecule has 1 aliphatic heterocycles. The molecule has 1 N–H and O–H groups in total. The van der Waals surface area contributed by atoms with E-state index in [9.17, 15) is 23.5 Å². The van der Waals surface area contributed by atoms with Crippen molar-refractivity contribution in [1.82, 2.24) is 4.98 Å². The third kappa shape index (κ3) is 3.48. The molecule has 1 unspecified atom stereocenters. The molecule has 1 atom stereocenters. The Hall–Kier alpha value is -3.91. The molecular formula is C25H16F2N2O3S. The molecule has 1 fully saturated rings. The molecule has 2 heterocycles. The van der Waals surface area contributed by atoms with Crippen molar-refractivity contribution in [3.63, 3.8) is 0 Å². The zero-order valence-corrected chi connectivity index (χ0v) is 18.1. The lowest BCUT2D eigenvalue weighted by Gasteiger charge is -2.23. The predicted octanol–water partition coefficient (Wildman–Crippen LogP) is 5.51. The van der Waals surface area contributed by atoms with Crippen LogP contribution in [0.3, 0.4) is 0 Å². The third-order valence-electron chi connectivity index (χ3n) is 5.51. The summed E-state index contributed by atoms with van der Waals surface area (Å²) in [7, 11) is 0. The number of ketones is 1. The molecule has 8 heteroatoms. The van der Waals surface area contributed by atoms with E-state index >= 15 is 0 Å². The third-order valence-corrected chi connectivity index (χ3v) is 6.53. The number of Topliss-reactive ketones (excluding diaryl/α,β-unsaturated/α-hetero) is 1. The molecule has 0 bridgehead atoms. The Kier molecular flexibility index (Phi) is 5.02. The van der Waals surface area contributed by atoms with Crippen LogP contribution in [0, 0.1) is 18.6 Å². The first-order chi connectivity index (χ1) is 15.8. The van der Waals surface area contributed by atoms with Gasteiger partial charge >= 0.3 is 5.91 Å². The van der Waals surface area contributed by atoms with Gasteiger partial charge in [-0.1, -0.05) is 59.4 Å². The summed E-state index contributed by atoms with van der Waals surface area (Å²) >= 11 is 1.01. The van der Waals surface area contributed by atoms with E-state index in [-0.39, 0.29) is 16.3 Å². The summed E-state index contributed by atoms with van der Waals surface area (Å²) in [5.41, 5.74) is 1.50. The Labute approximate surface area is 191 Å². The second kappa shape index (κ2) is 7.90. The van der Waals surface area contributed by atoms with Crippen molar-refractivity contribution in [3.05, 3.63) is 101 Å². The topological polar surface area (TPSA) is 70.5 Å². The maximum Gasteiger partial charge on any atom is 0.301 e. The highest BCUT2D eigenvalue weighted by Gasteiger charge is 2.49. The van der Waals surface area contributed by atoms with E-state index in [1.807, 2.05) is 6.92 Å². The smallest absolute Gasteiger partial charge is 0.301 e. The van der Waals surface area contributed by atoms with Gasteiger partial charge in [0, 0.05) is 11.1 Å². The van der Waals surface area contributed by atoms with Gasteiger partial charge in [0.1, 0.15) is 23.4 Å². The maximum absolute atomic E-state index is 14.9. The van der Waals surface area contributed by atoms with E-state index < -0.39 is 35.1 Å². The molecule has 5 rings (SSSR count). The molecule has 3 aromatic carbocycles. The SMILES string of the molecule is Cc1ccc(C(O)=C2C(=O)C(=O)N(c3nc4ccc(F)cc4s3)C2c2ccccc2F)cc1. The lowest BCUT2D eigenvalue weighted by atomic mass is 9.95. The highest BCUT2D eigenvalue weighted by Crippen LogP contribution is 2.44. The molecule has 1 aromatic heterocycles. The minimum absolute atomic E-state index is 0.0378. The second-order valence-corrected chi connectivity index (χ2v) is 8.67. The van der Waals surface area contributed by atoms with Crippen LogP contribution < -0.4 is 4.90 Å². The maximum atomic E-state index is 14.9. The van der Waals surface area contributed by atoms with Crippen LogP contribution in [0.4, 0.5) is 13.9 Å². The highest BCUT2D eigenvalue weighted by atomic mass is 32.1. The fourth-order valence-electron chi connectivity index (χ4n) is 3.88. The van der Waals surface area contributed by atoms with Gasteiger partial charge in [0.15, 0.2) is 5.13 Å². The van der Waals surface area contributed by atoms with E-state index in [1.165, 1.54) is 36.4 Å². The van der Waals surface area contributed by atoms with Gasteiger partial charge in [-0.05, 0) is 31.2 Å². The number of aliphatic hydroxyl groups is 1. The summed E-state index contributed by atoms with van der Waals surface area (Å²) in [4.78, 5) is 31.7. The Morgan fingerprint density at radius 1 is 1.03 bits per heavy atom. The molecule has 0 saturated carbocycles. The summed E-state index contributed by atoms with van der Waals surface area (Å²) in [5.74, 6) is -3.42. The minimum atomic E-state index is -1.24. The fourth-order valence-corrected chi connectivity index (χ4v) is 4.89. The van der Waals surface area contributed by atoms with Crippen LogP contribution in [-0.2, 0) is 9.59 Å². The zero-order chi connectivity index (χ0) is 23.3. The molecule has 0 radical (unpaired) electrons. The Morgan fingerprint density at radius 2 is 1.76 bits per heavy atom. The molecular weight excluding hydrogens is 446 g/mol. The van der Waals surface area contributed by atoms with Crippen LogP contribution in [0.1, 0.15) is 22.7 Å². The summed E-state index contributed by atoms with van der Waals surface area (Å²) in [6.45, 7) is 1.87. The number of amides is 1. The van der Waals surface area contributed by atoms with Crippen LogP contribution in [0.15, 0.2) is 72.3 Å². The minimum Gasteiger partial charge on any atom is -0.507 e. The molecule has 1 aliphatic rings. The van der Waals surface area contributed by atoms with Crippen LogP contribution in [0.5, 0.6) is 0 Å². The Morgan fingerprint density at radius 3 is 2.48 bits per heavy atom. The Balaban J connectivity index is 1.75. The van der Waals surface area contributed by atoms with E-state index in [2.05, 4.69) is 4.98 Å². The van der Waals surface area contributed by atoms with E-state index in [0.29, 0.717) is 15.8 Å². The number of thiazole rings is 1. The van der Waals surface area contributed by atoms with Gasteiger partial charge in [-0.25, -0.2) is 13.8 Å². The van der Waals surface area contributed by atoms with Gasteiger partial charge in [0.05, 0.1) is 15.8 Å². The molecule has 0 aliphatic carbocycles. The standard InChI is InChI=1S/C25H16F2N2O3S/c1-13-6-8-14(9-7-13)22(30)20-21(16-4-2-3-5-17(16)27)29(24(32)23(20)31)25-28-18-11-10-15(26)12-19(18)33-25/h2-12,21,30H,1H3. The van der Waals surface area contributed by atoms with Crippen LogP contribution >= 0.6 is 11.3 Å². The number of aryl methyl sites for hydroxylation is 1. The molecule has 164 valence electrons. The molecule has 1 amide bonds. The number of nitrogens with zero attached hydrogens (tertiary/aromatic N) is 2. The largest absolute Gasteiger partial charge is 0.507 e. The summed E-state index contributed by atoms with van der Waals surface area (Å²) in [6.07, 6.45) is 0. The average molecular weight is 462 g/mol. The number of carbonyl (C=O) groups is 2. The van der Waals surface area contributed by atoms with Gasteiger partial charge < -0.3 is 5.11 Å². The molecule has 0 spiro atoms. The van der Waals surface area contributed by atoms with E-state index in [4.69, 9.17) is 0 Å². The number of hydrogen-bond acceptors (Lipinski definition) is 5. The van der Waals surface area contributed by atoms with Gasteiger partial charge in [-0.3, -0.25) is 14.5 Å². The highest BCUT2D eigenvalue weighted by molar-refractivity contribution is 7.22. The van der Waals surface area contributed by atoms with Crippen molar-refractivity contribution < 1.29 is 23.5 Å². The zero-order valence-electron chi connectivity index (χ0n) is 17.3. The fraction of sp³-hybridized carbons (Fsp3) is 0.0800. The average Bonchev–Trinajstić information content (AvgIpc) is 3.32. The van der Waals surface area contributed by atoms with E-state index in [1.54, 1.807) is 30.3 Å². The number of aliphatic hydroxyl groups excluding tert-OH is 1. The lowest BCUT2D eigenvalue weighted by Crippen LogP contribution is -2.29. The van der Waals surface area contributed by atoms with Crippen LogP contribution in [-0.4, -0.2) is 21.8 Å². The van der Waals surface area contributed by atoms with Crippen molar-refractivity contribution in [2.75, 3.05) is 4.90 Å². The molecule has 33 heavy (non-hydrogen) atoms. The van der Waals surface area contributed by atoms with Gasteiger partial charge in [0.2, 0.25) is 0 Å². The second-order valence-electron chi connectivity index (χ2n) is 7.67. The van der Waals surface area contributed by atoms with Crippen molar-refractivity contribution in [1.29, 1.82) is 0 Å². The number of anilines is 1. The lowest BCUT2D eigenvalue weighted by molar-refractivity contribution is -0.132. The first-order valence-electron chi connectivity index (χ1n) is 10.0. The Bertz CT molecular complexity index is 1460. The predicted molar refractivity (Wildman–Crippen MR) is 122 cm³/mol.